The van der Waals surface area contributed by atoms with Crippen molar-refractivity contribution in [2.24, 2.45) is 7.05 Å². The number of carboxylic acid groups (broad SMARTS) is 1. The first-order valence-electron chi connectivity index (χ1n) is 6.49. The first kappa shape index (κ1) is 15.0. The fraction of sp³-hybridized carbons (Fsp3) is 0.636. The van der Waals surface area contributed by atoms with E-state index in [0.717, 1.165) is 0 Å². The standard InChI is InChI=1S/C11H17N5O5/c1-14-10(8(6-12-14)16(20)21)15-4-2-7(13-11(18)19)9(17)3-5-15/h6-7,9,13,17H,2-5H2,1H3,(H,18,19)/t7-,9-/m0/s1. The molecule has 1 fully saturated rings. The third-order valence-electron chi connectivity index (χ3n) is 3.56. The molecule has 1 aromatic rings. The lowest BCUT2D eigenvalue weighted by Crippen LogP contribution is -2.42. The fourth-order valence-electron chi connectivity index (χ4n) is 2.54. The van der Waals surface area contributed by atoms with E-state index in [1.54, 1.807) is 11.9 Å². The first-order valence-corrected chi connectivity index (χ1v) is 6.49. The highest BCUT2D eigenvalue weighted by atomic mass is 16.6. The van der Waals surface area contributed by atoms with Crippen LogP contribution in [-0.4, -0.2) is 56.2 Å². The van der Waals surface area contributed by atoms with Gasteiger partial charge in [-0.1, -0.05) is 0 Å². The largest absolute Gasteiger partial charge is 0.465 e. The Hall–Kier alpha value is -2.36. The summed E-state index contributed by atoms with van der Waals surface area (Å²) in [6.45, 7) is 0.779. The number of aromatic nitrogens is 2. The zero-order chi connectivity index (χ0) is 15.6. The molecule has 1 aromatic heterocycles. The molecular formula is C11H17N5O5. The Labute approximate surface area is 120 Å². The number of nitro groups is 1. The Morgan fingerprint density at radius 1 is 1.52 bits per heavy atom. The van der Waals surface area contributed by atoms with Crippen molar-refractivity contribution in [2.45, 2.75) is 25.0 Å². The van der Waals surface area contributed by atoms with E-state index in [-0.39, 0.29) is 5.69 Å². The smallest absolute Gasteiger partial charge is 0.404 e. The summed E-state index contributed by atoms with van der Waals surface area (Å²) in [5.41, 5.74) is -0.100. The van der Waals surface area contributed by atoms with Gasteiger partial charge < -0.3 is 20.4 Å². The number of carbonyl (C=O) groups is 1. The molecule has 116 valence electrons. The van der Waals surface area contributed by atoms with Crippen molar-refractivity contribution in [3.63, 3.8) is 0 Å². The molecule has 0 radical (unpaired) electrons. The normalized spacial score (nSPS) is 22.7. The molecule has 2 heterocycles. The molecule has 0 spiro atoms. The van der Waals surface area contributed by atoms with Crippen LogP contribution < -0.4 is 10.2 Å². The maximum Gasteiger partial charge on any atom is 0.404 e. The van der Waals surface area contributed by atoms with Crippen LogP contribution in [-0.2, 0) is 7.05 Å². The number of nitrogens with one attached hydrogen (secondary N) is 1. The third-order valence-corrected chi connectivity index (χ3v) is 3.56. The van der Waals surface area contributed by atoms with Gasteiger partial charge >= 0.3 is 11.8 Å². The minimum absolute atomic E-state index is 0.100. The number of hydrogen-bond acceptors (Lipinski definition) is 6. The Kier molecular flexibility index (Phi) is 4.26. The van der Waals surface area contributed by atoms with Crippen LogP contribution in [0.15, 0.2) is 6.20 Å². The van der Waals surface area contributed by atoms with Gasteiger partial charge in [0.15, 0.2) is 0 Å². The molecule has 0 unspecified atom stereocenters. The zero-order valence-electron chi connectivity index (χ0n) is 11.5. The van der Waals surface area contributed by atoms with Crippen LogP contribution in [0.1, 0.15) is 12.8 Å². The number of amides is 1. The van der Waals surface area contributed by atoms with Gasteiger partial charge in [0.25, 0.3) is 0 Å². The topological polar surface area (TPSA) is 134 Å². The van der Waals surface area contributed by atoms with E-state index in [9.17, 15) is 20.0 Å². The quantitative estimate of drug-likeness (QED) is 0.525. The summed E-state index contributed by atoms with van der Waals surface area (Å²) in [4.78, 5) is 23.0. The van der Waals surface area contributed by atoms with Crippen LogP contribution in [0.4, 0.5) is 16.3 Å². The first-order chi connectivity index (χ1) is 9.90. The molecule has 2 rings (SSSR count). The summed E-state index contributed by atoms with van der Waals surface area (Å²) < 4.78 is 1.41. The number of aryl methyl sites for hydroxylation is 1. The molecule has 1 aliphatic heterocycles. The predicted octanol–water partition coefficient (Wildman–Crippen LogP) is -0.0744. The van der Waals surface area contributed by atoms with Crippen molar-refractivity contribution in [3.8, 4) is 0 Å². The van der Waals surface area contributed by atoms with Gasteiger partial charge in [-0.2, -0.15) is 5.10 Å². The highest BCUT2D eigenvalue weighted by Crippen LogP contribution is 2.29. The molecule has 3 N–H and O–H groups in total. The molecule has 1 saturated heterocycles. The SMILES string of the molecule is Cn1ncc([N+](=O)[O-])c1N1CC[C@H](NC(=O)O)[C@@H](O)CC1. The minimum atomic E-state index is -1.20. The number of nitrogens with zero attached hydrogens (tertiary/aromatic N) is 4. The summed E-state index contributed by atoms with van der Waals surface area (Å²) >= 11 is 0. The van der Waals surface area contributed by atoms with E-state index in [1.807, 2.05) is 0 Å². The van der Waals surface area contributed by atoms with Crippen LogP contribution in [0.3, 0.4) is 0 Å². The van der Waals surface area contributed by atoms with E-state index in [1.165, 1.54) is 10.9 Å². The van der Waals surface area contributed by atoms with Gasteiger partial charge in [0.1, 0.15) is 6.20 Å². The van der Waals surface area contributed by atoms with Crippen molar-refractivity contribution in [1.29, 1.82) is 0 Å². The van der Waals surface area contributed by atoms with Gasteiger partial charge in [0.05, 0.1) is 17.1 Å². The number of aliphatic hydroxyl groups is 1. The lowest BCUT2D eigenvalue weighted by atomic mass is 10.1. The second kappa shape index (κ2) is 5.95. The van der Waals surface area contributed by atoms with Crippen LogP contribution >= 0.6 is 0 Å². The van der Waals surface area contributed by atoms with Gasteiger partial charge in [-0.3, -0.25) is 10.1 Å². The molecule has 21 heavy (non-hydrogen) atoms. The highest BCUT2D eigenvalue weighted by Gasteiger charge is 2.30. The van der Waals surface area contributed by atoms with Crippen LogP contribution in [0.25, 0.3) is 0 Å². The molecular weight excluding hydrogens is 282 g/mol. The summed E-state index contributed by atoms with van der Waals surface area (Å²) in [5, 5.41) is 35.9. The number of aliphatic hydroxyl groups excluding tert-OH is 1. The monoisotopic (exact) mass is 299 g/mol. The average molecular weight is 299 g/mol. The molecule has 2 atom stereocenters. The number of hydrogen-bond donors (Lipinski definition) is 3. The molecule has 1 amide bonds. The molecule has 0 aliphatic carbocycles. The van der Waals surface area contributed by atoms with Gasteiger partial charge in [0, 0.05) is 20.1 Å². The zero-order valence-corrected chi connectivity index (χ0v) is 11.5. The van der Waals surface area contributed by atoms with Crippen LogP contribution in [0, 0.1) is 10.1 Å². The maximum atomic E-state index is 11.0. The second-order valence-corrected chi connectivity index (χ2v) is 4.92. The lowest BCUT2D eigenvalue weighted by molar-refractivity contribution is -0.384. The molecule has 1 aliphatic rings. The highest BCUT2D eigenvalue weighted by molar-refractivity contribution is 5.65. The maximum absolute atomic E-state index is 11.0. The third kappa shape index (κ3) is 3.21. The van der Waals surface area contributed by atoms with E-state index in [4.69, 9.17) is 5.11 Å². The van der Waals surface area contributed by atoms with Crippen molar-refractivity contribution in [2.75, 3.05) is 18.0 Å². The molecule has 10 heteroatoms. The molecule has 10 nitrogen and oxygen atoms in total. The van der Waals surface area contributed by atoms with E-state index in [2.05, 4.69) is 10.4 Å². The minimum Gasteiger partial charge on any atom is -0.465 e. The lowest BCUT2D eigenvalue weighted by Gasteiger charge is -2.21. The Morgan fingerprint density at radius 3 is 2.81 bits per heavy atom. The summed E-state index contributed by atoms with van der Waals surface area (Å²) in [7, 11) is 1.61. The van der Waals surface area contributed by atoms with Gasteiger partial charge in [0.2, 0.25) is 5.82 Å². The molecule has 0 aromatic carbocycles. The van der Waals surface area contributed by atoms with Crippen molar-refractivity contribution in [3.05, 3.63) is 16.3 Å². The van der Waals surface area contributed by atoms with Crippen LogP contribution in [0.2, 0.25) is 0 Å². The Morgan fingerprint density at radius 2 is 2.19 bits per heavy atom. The Balaban J connectivity index is 2.18. The van der Waals surface area contributed by atoms with E-state index in [0.29, 0.717) is 31.7 Å². The average Bonchev–Trinajstić information content (AvgIpc) is 2.70. The fourth-order valence-corrected chi connectivity index (χ4v) is 2.54. The van der Waals surface area contributed by atoms with Crippen molar-refractivity contribution < 1.29 is 19.9 Å². The molecule has 0 bridgehead atoms. The van der Waals surface area contributed by atoms with Gasteiger partial charge in [-0.25, -0.2) is 9.48 Å². The van der Waals surface area contributed by atoms with Gasteiger partial charge in [-0.05, 0) is 12.8 Å². The second-order valence-electron chi connectivity index (χ2n) is 4.92. The Bertz CT molecular complexity index is 545. The van der Waals surface area contributed by atoms with E-state index >= 15 is 0 Å². The predicted molar refractivity (Wildman–Crippen MR) is 72.3 cm³/mol. The van der Waals surface area contributed by atoms with Crippen molar-refractivity contribution in [1.82, 2.24) is 15.1 Å². The summed E-state index contributed by atoms with van der Waals surface area (Å²) in [6.07, 6.45) is -0.162. The van der Waals surface area contributed by atoms with Gasteiger partial charge in [-0.15, -0.1) is 0 Å². The molecule has 0 saturated carbocycles. The van der Waals surface area contributed by atoms with E-state index < -0.39 is 23.2 Å². The summed E-state index contributed by atoms with van der Waals surface area (Å²) in [5.74, 6) is 0.364. The summed E-state index contributed by atoms with van der Waals surface area (Å²) in [6, 6.07) is -0.584. The van der Waals surface area contributed by atoms with Crippen molar-refractivity contribution >= 4 is 17.6 Å². The number of rotatable bonds is 3. The number of anilines is 1. The van der Waals surface area contributed by atoms with Crippen LogP contribution in [0.5, 0.6) is 0 Å².